The number of nitrogens with one attached hydrogen (secondary N) is 1. The van der Waals surface area contributed by atoms with E-state index in [1.165, 1.54) is 0 Å². The van der Waals surface area contributed by atoms with E-state index in [0.29, 0.717) is 18.7 Å². The second-order valence-electron chi connectivity index (χ2n) is 4.80. The Morgan fingerprint density at radius 1 is 1.38 bits per heavy atom. The van der Waals surface area contributed by atoms with Crippen LogP contribution in [0, 0.1) is 18.8 Å². The Morgan fingerprint density at radius 2 is 2.10 bits per heavy atom. The van der Waals surface area contributed by atoms with E-state index in [1.54, 1.807) is 18.2 Å². The highest BCUT2D eigenvalue weighted by molar-refractivity contribution is 7.89. The molecule has 0 spiro atoms. The predicted molar refractivity (Wildman–Crippen MR) is 85.5 cm³/mol. The Morgan fingerprint density at radius 3 is 2.71 bits per heavy atom. The van der Waals surface area contributed by atoms with E-state index < -0.39 is 10.0 Å². The van der Waals surface area contributed by atoms with Gasteiger partial charge < -0.3 is 10.6 Å². The van der Waals surface area contributed by atoms with E-state index in [4.69, 9.17) is 5.73 Å². The second kappa shape index (κ2) is 8.15. The van der Waals surface area contributed by atoms with Gasteiger partial charge in [0.25, 0.3) is 0 Å². The minimum absolute atomic E-state index is 0.197. The summed E-state index contributed by atoms with van der Waals surface area (Å²) in [6.07, 6.45) is 0. The molecule has 0 aliphatic carbocycles. The average Bonchev–Trinajstić information content (AvgIpc) is 2.44. The third kappa shape index (κ3) is 5.48. The minimum atomic E-state index is -3.56. The van der Waals surface area contributed by atoms with Crippen LogP contribution < -0.4 is 10.5 Å². The van der Waals surface area contributed by atoms with E-state index in [1.807, 2.05) is 25.8 Å². The Labute approximate surface area is 127 Å². The maximum absolute atomic E-state index is 12.4. The summed E-state index contributed by atoms with van der Waals surface area (Å²) >= 11 is 0. The van der Waals surface area contributed by atoms with E-state index in [0.717, 1.165) is 12.1 Å². The first-order valence-electron chi connectivity index (χ1n) is 6.88. The van der Waals surface area contributed by atoms with Crippen molar-refractivity contribution >= 4 is 10.0 Å². The fourth-order valence-corrected chi connectivity index (χ4v) is 2.89. The first-order valence-corrected chi connectivity index (χ1v) is 8.36. The third-order valence-electron chi connectivity index (χ3n) is 3.08. The highest BCUT2D eigenvalue weighted by atomic mass is 32.2. The highest BCUT2D eigenvalue weighted by Gasteiger charge is 2.17. The van der Waals surface area contributed by atoms with Crippen molar-refractivity contribution in [1.29, 1.82) is 0 Å². The number of sulfonamides is 1. The zero-order chi connectivity index (χ0) is 15.9. The lowest BCUT2D eigenvalue weighted by Gasteiger charge is -2.14. The van der Waals surface area contributed by atoms with E-state index in [2.05, 4.69) is 16.6 Å². The monoisotopic (exact) mass is 309 g/mol. The van der Waals surface area contributed by atoms with Crippen molar-refractivity contribution in [3.63, 3.8) is 0 Å². The number of hydrogen-bond donors (Lipinski definition) is 2. The molecule has 0 aromatic heterocycles. The van der Waals surface area contributed by atoms with Crippen LogP contribution in [0.5, 0.6) is 0 Å². The van der Waals surface area contributed by atoms with E-state index in [-0.39, 0.29) is 11.4 Å². The van der Waals surface area contributed by atoms with Gasteiger partial charge in [-0.05, 0) is 38.2 Å². The molecule has 1 aromatic carbocycles. The molecule has 1 aromatic rings. The van der Waals surface area contributed by atoms with Gasteiger partial charge in [-0.15, -0.1) is 0 Å². The molecule has 0 aliphatic heterocycles. The average molecular weight is 309 g/mol. The molecule has 0 atom stereocenters. The molecule has 0 aliphatic rings. The fraction of sp³-hybridized carbons (Fsp3) is 0.467. The van der Waals surface area contributed by atoms with Crippen LogP contribution in [0.15, 0.2) is 23.1 Å². The first-order chi connectivity index (χ1) is 9.90. The van der Waals surface area contributed by atoms with Crippen molar-refractivity contribution in [2.45, 2.75) is 18.7 Å². The van der Waals surface area contributed by atoms with Gasteiger partial charge in [-0.25, -0.2) is 13.1 Å². The van der Waals surface area contributed by atoms with Crippen LogP contribution in [-0.4, -0.2) is 46.5 Å². The number of nitrogens with zero attached hydrogens (tertiary/aromatic N) is 1. The molecule has 0 saturated carbocycles. The van der Waals surface area contributed by atoms with Gasteiger partial charge in [-0.3, -0.25) is 0 Å². The number of likely N-dealkylation sites (N-methyl/N-ethyl adjacent to an activating group) is 1. The maximum atomic E-state index is 12.4. The first kappa shape index (κ1) is 17.7. The Bertz CT molecular complexity index is 630. The molecule has 3 N–H and O–H groups in total. The molecule has 0 heterocycles. The standard InChI is InChI=1S/C15H23N3O2S/c1-4-18(3)11-10-17-21(19,20)15-8-7-13(2)12-14(15)6-5-9-16/h7-8,12,17H,4,9-11,16H2,1-3H3. The van der Waals surface area contributed by atoms with Gasteiger partial charge in [0.2, 0.25) is 10.0 Å². The fourth-order valence-electron chi connectivity index (χ4n) is 1.73. The van der Waals surface area contributed by atoms with Gasteiger partial charge in [0.05, 0.1) is 11.4 Å². The molecule has 21 heavy (non-hydrogen) atoms. The SMILES string of the molecule is CCN(C)CCNS(=O)(=O)c1ccc(C)cc1C#CCN. The smallest absolute Gasteiger partial charge is 0.241 e. The molecule has 0 bridgehead atoms. The van der Waals surface area contributed by atoms with Gasteiger partial charge in [-0.2, -0.15) is 0 Å². The summed E-state index contributed by atoms with van der Waals surface area (Å²) in [4.78, 5) is 2.24. The van der Waals surface area contributed by atoms with Gasteiger partial charge >= 0.3 is 0 Å². The van der Waals surface area contributed by atoms with Crippen LogP contribution in [0.1, 0.15) is 18.1 Å². The molecule has 0 unspecified atom stereocenters. The normalized spacial score (nSPS) is 11.3. The van der Waals surface area contributed by atoms with Crippen molar-refractivity contribution in [2.24, 2.45) is 5.73 Å². The predicted octanol–water partition coefficient (Wildman–Crippen LogP) is 0.535. The number of hydrogen-bond acceptors (Lipinski definition) is 4. The lowest BCUT2D eigenvalue weighted by Crippen LogP contribution is -2.33. The van der Waals surface area contributed by atoms with Crippen molar-refractivity contribution < 1.29 is 8.42 Å². The zero-order valence-corrected chi connectivity index (χ0v) is 13.6. The van der Waals surface area contributed by atoms with Crippen LogP contribution in [0.2, 0.25) is 0 Å². The molecular formula is C15H23N3O2S. The Kier molecular flexibility index (Phi) is 6.85. The summed E-state index contributed by atoms with van der Waals surface area (Å²) in [6.45, 7) is 6.01. The molecule has 0 radical (unpaired) electrons. The number of benzene rings is 1. The molecule has 5 nitrogen and oxygen atoms in total. The van der Waals surface area contributed by atoms with Crippen LogP contribution in [0.25, 0.3) is 0 Å². The third-order valence-corrected chi connectivity index (χ3v) is 4.59. The Balaban J connectivity index is 2.97. The van der Waals surface area contributed by atoms with Crippen LogP contribution in [0.3, 0.4) is 0 Å². The summed E-state index contributed by atoms with van der Waals surface area (Å²) in [6, 6.07) is 5.11. The Hall–Kier alpha value is -1.39. The molecule has 6 heteroatoms. The summed E-state index contributed by atoms with van der Waals surface area (Å²) in [5.41, 5.74) is 6.80. The summed E-state index contributed by atoms with van der Waals surface area (Å²) < 4.78 is 27.3. The summed E-state index contributed by atoms with van der Waals surface area (Å²) in [5, 5.41) is 0. The second-order valence-corrected chi connectivity index (χ2v) is 6.53. The molecule has 116 valence electrons. The lowest BCUT2D eigenvalue weighted by molar-refractivity contribution is 0.358. The molecule has 0 amide bonds. The van der Waals surface area contributed by atoms with Gasteiger partial charge in [0.15, 0.2) is 0 Å². The lowest BCUT2D eigenvalue weighted by atomic mass is 10.1. The topological polar surface area (TPSA) is 75.4 Å². The van der Waals surface area contributed by atoms with Crippen molar-refractivity contribution in [3.8, 4) is 11.8 Å². The number of nitrogens with two attached hydrogens (primary N) is 1. The van der Waals surface area contributed by atoms with E-state index >= 15 is 0 Å². The molecule has 1 rings (SSSR count). The minimum Gasteiger partial charge on any atom is -0.320 e. The molecule has 0 saturated heterocycles. The maximum Gasteiger partial charge on any atom is 0.241 e. The van der Waals surface area contributed by atoms with Gasteiger partial charge in [0, 0.05) is 18.7 Å². The number of aryl methyl sites for hydroxylation is 1. The van der Waals surface area contributed by atoms with Crippen molar-refractivity contribution in [3.05, 3.63) is 29.3 Å². The highest BCUT2D eigenvalue weighted by Crippen LogP contribution is 2.16. The van der Waals surface area contributed by atoms with Crippen LogP contribution in [-0.2, 0) is 10.0 Å². The van der Waals surface area contributed by atoms with Crippen LogP contribution in [0.4, 0.5) is 0 Å². The van der Waals surface area contributed by atoms with Gasteiger partial charge in [0.1, 0.15) is 0 Å². The van der Waals surface area contributed by atoms with E-state index in [9.17, 15) is 8.42 Å². The summed E-state index contributed by atoms with van der Waals surface area (Å²) in [5.74, 6) is 5.53. The summed E-state index contributed by atoms with van der Waals surface area (Å²) in [7, 11) is -1.62. The van der Waals surface area contributed by atoms with Crippen molar-refractivity contribution in [2.75, 3.05) is 33.2 Å². The van der Waals surface area contributed by atoms with Gasteiger partial charge in [-0.1, -0.05) is 24.8 Å². The molecule has 0 fully saturated rings. The van der Waals surface area contributed by atoms with Crippen LogP contribution >= 0.6 is 0 Å². The molecular weight excluding hydrogens is 286 g/mol. The number of rotatable bonds is 6. The van der Waals surface area contributed by atoms with Crippen molar-refractivity contribution in [1.82, 2.24) is 9.62 Å². The largest absolute Gasteiger partial charge is 0.320 e. The quantitative estimate of drug-likeness (QED) is 0.752. The zero-order valence-electron chi connectivity index (χ0n) is 12.8.